The summed E-state index contributed by atoms with van der Waals surface area (Å²) in [5, 5.41) is 3.57. The summed E-state index contributed by atoms with van der Waals surface area (Å²) in [6.07, 6.45) is 2.75. The van der Waals surface area contributed by atoms with Gasteiger partial charge < -0.3 is 26.6 Å². The molecule has 2 fully saturated rings. The van der Waals surface area contributed by atoms with Crippen LogP contribution >= 0.6 is 0 Å². The van der Waals surface area contributed by atoms with Gasteiger partial charge in [0.1, 0.15) is 0 Å². The highest BCUT2D eigenvalue weighted by Crippen LogP contribution is 2.40. The molecule has 2 unspecified atom stereocenters. The Bertz CT molecular complexity index is 1120. The summed E-state index contributed by atoms with van der Waals surface area (Å²) < 4.78 is 2.32. The molecule has 2 aliphatic rings. The number of aromatic nitrogens is 2. The third-order valence-electron chi connectivity index (χ3n) is 6.35. The Morgan fingerprint density at radius 3 is 2.69 bits per heavy atom. The van der Waals surface area contributed by atoms with Crippen molar-refractivity contribution in [2.24, 2.45) is 5.92 Å². The van der Waals surface area contributed by atoms with Crippen molar-refractivity contribution >= 4 is 22.3 Å². The minimum absolute atomic E-state index is 0.0624. The number of nitrogens with two attached hydrogens (primary N) is 2. The van der Waals surface area contributed by atoms with Gasteiger partial charge in [-0.1, -0.05) is 0 Å². The van der Waals surface area contributed by atoms with E-state index in [1.54, 1.807) is 4.57 Å². The second-order valence-electron chi connectivity index (χ2n) is 8.12. The molecule has 1 aromatic carbocycles. The maximum atomic E-state index is 12.7. The molecule has 154 valence electrons. The Balaban J connectivity index is 1.84. The van der Waals surface area contributed by atoms with Crippen molar-refractivity contribution < 1.29 is 0 Å². The van der Waals surface area contributed by atoms with Crippen molar-refractivity contribution in [3.05, 3.63) is 43.9 Å². The van der Waals surface area contributed by atoms with E-state index in [9.17, 15) is 9.59 Å². The molecule has 1 aliphatic carbocycles. The van der Waals surface area contributed by atoms with Gasteiger partial charge in [-0.2, -0.15) is 4.68 Å². The summed E-state index contributed by atoms with van der Waals surface area (Å²) >= 11 is 0. The fourth-order valence-corrected chi connectivity index (χ4v) is 4.63. The zero-order valence-electron chi connectivity index (χ0n) is 16.8. The number of nitrogens with one attached hydrogen (secondary N) is 1. The zero-order valence-corrected chi connectivity index (χ0v) is 16.8. The number of fused-ring (bicyclic) bond motifs is 1. The average Bonchev–Trinajstić information content (AvgIpc) is 3.42. The third kappa shape index (κ3) is 3.04. The fourth-order valence-electron chi connectivity index (χ4n) is 4.63. The van der Waals surface area contributed by atoms with Crippen LogP contribution in [0.3, 0.4) is 0 Å². The molecule has 0 amide bonds. The van der Waals surface area contributed by atoms with Gasteiger partial charge in [0, 0.05) is 36.4 Å². The Labute approximate surface area is 168 Å². The van der Waals surface area contributed by atoms with E-state index in [0.717, 1.165) is 43.6 Å². The topological polar surface area (TPSA) is 116 Å². The first-order valence-corrected chi connectivity index (χ1v) is 9.99. The van der Waals surface area contributed by atoms with Gasteiger partial charge in [-0.05, 0) is 44.9 Å². The number of nitrogens with zero attached hydrogens (tertiary/aromatic N) is 4. The predicted octanol–water partition coefficient (Wildman–Crippen LogP) is 0.436. The normalized spacial score (nSPS) is 20.2. The number of likely N-dealkylation sites (N-methyl/N-ethyl adjacent to an activating group) is 1. The van der Waals surface area contributed by atoms with Gasteiger partial charge in [0.2, 0.25) is 6.54 Å². The molecule has 1 saturated heterocycles. The van der Waals surface area contributed by atoms with Crippen LogP contribution in [0, 0.1) is 19.4 Å². The van der Waals surface area contributed by atoms with E-state index >= 15 is 0 Å². The number of rotatable bonds is 5. The SMILES string of the molecule is [C-]#[N+]CC(NC)C1CCN(c2cc(N)c3c(=O)n(N)c(=O)n(C4CC4)c3c2C)C1. The minimum atomic E-state index is -0.555. The first kappa shape index (κ1) is 19.3. The molecule has 9 nitrogen and oxygen atoms in total. The van der Waals surface area contributed by atoms with Crippen molar-refractivity contribution in [3.8, 4) is 0 Å². The summed E-state index contributed by atoms with van der Waals surface area (Å²) in [6.45, 7) is 11.2. The van der Waals surface area contributed by atoms with Crippen LogP contribution in [0.5, 0.6) is 0 Å². The van der Waals surface area contributed by atoms with Crippen molar-refractivity contribution in [2.45, 2.75) is 38.3 Å². The first-order valence-electron chi connectivity index (χ1n) is 9.99. The Morgan fingerprint density at radius 2 is 2.07 bits per heavy atom. The number of anilines is 2. The molecule has 0 bridgehead atoms. The molecular weight excluding hydrogens is 370 g/mol. The van der Waals surface area contributed by atoms with Gasteiger partial charge >= 0.3 is 5.69 Å². The number of hydrogen-bond acceptors (Lipinski definition) is 6. The molecule has 0 spiro atoms. The molecule has 2 aromatic rings. The highest BCUT2D eigenvalue weighted by atomic mass is 16.2. The van der Waals surface area contributed by atoms with Gasteiger partial charge in [0.15, 0.2) is 0 Å². The van der Waals surface area contributed by atoms with Crippen LogP contribution in [0.2, 0.25) is 0 Å². The van der Waals surface area contributed by atoms with Gasteiger partial charge in [0.25, 0.3) is 5.56 Å². The van der Waals surface area contributed by atoms with E-state index in [4.69, 9.17) is 18.1 Å². The molecule has 9 heteroatoms. The lowest BCUT2D eigenvalue weighted by atomic mass is 9.99. The van der Waals surface area contributed by atoms with Crippen LogP contribution in [-0.4, -0.2) is 42.0 Å². The van der Waals surface area contributed by atoms with Crippen molar-refractivity contribution in [3.63, 3.8) is 0 Å². The second-order valence-corrected chi connectivity index (χ2v) is 8.12. The van der Waals surface area contributed by atoms with Crippen molar-refractivity contribution in [1.29, 1.82) is 0 Å². The Morgan fingerprint density at radius 1 is 1.34 bits per heavy atom. The smallest absolute Gasteiger partial charge is 0.350 e. The minimum Gasteiger partial charge on any atom is -0.398 e. The lowest BCUT2D eigenvalue weighted by Gasteiger charge is -2.25. The lowest BCUT2D eigenvalue weighted by molar-refractivity contribution is 0.422. The van der Waals surface area contributed by atoms with Crippen LogP contribution < -0.4 is 33.0 Å². The molecular formula is C20H27N7O2. The molecule has 29 heavy (non-hydrogen) atoms. The molecule has 0 radical (unpaired) electrons. The van der Waals surface area contributed by atoms with Gasteiger partial charge in [-0.3, -0.25) is 9.36 Å². The van der Waals surface area contributed by atoms with Crippen LogP contribution in [0.1, 0.15) is 30.9 Å². The van der Waals surface area contributed by atoms with E-state index in [2.05, 4.69) is 15.1 Å². The molecule has 2 atom stereocenters. The van der Waals surface area contributed by atoms with E-state index in [1.807, 2.05) is 20.0 Å². The van der Waals surface area contributed by atoms with Crippen LogP contribution in [0.4, 0.5) is 11.4 Å². The van der Waals surface area contributed by atoms with Crippen molar-refractivity contribution in [1.82, 2.24) is 14.6 Å². The van der Waals surface area contributed by atoms with E-state index in [1.165, 1.54) is 0 Å². The van der Waals surface area contributed by atoms with E-state index in [0.29, 0.717) is 33.7 Å². The number of aryl methyl sites for hydroxylation is 1. The second kappa shape index (κ2) is 7.12. The number of hydrogen-bond donors (Lipinski definition) is 3. The molecule has 1 saturated carbocycles. The first-order chi connectivity index (χ1) is 13.9. The molecule has 2 heterocycles. The largest absolute Gasteiger partial charge is 0.398 e. The highest BCUT2D eigenvalue weighted by molar-refractivity contribution is 5.96. The van der Waals surface area contributed by atoms with Crippen LogP contribution in [-0.2, 0) is 0 Å². The lowest BCUT2D eigenvalue weighted by Crippen LogP contribution is -2.45. The fraction of sp³-hybridized carbons (Fsp3) is 0.550. The Kier molecular flexibility index (Phi) is 4.74. The van der Waals surface area contributed by atoms with Gasteiger partial charge in [0.05, 0.1) is 16.9 Å². The summed E-state index contributed by atoms with van der Waals surface area (Å²) in [5.74, 6) is 6.12. The summed E-state index contributed by atoms with van der Waals surface area (Å²) in [5.41, 5.74) is 8.03. The number of nitrogen functional groups attached to an aromatic ring is 2. The van der Waals surface area contributed by atoms with Crippen molar-refractivity contribution in [2.75, 3.05) is 43.2 Å². The Hall–Kier alpha value is -2.99. The van der Waals surface area contributed by atoms with Gasteiger partial charge in [-0.25, -0.2) is 11.4 Å². The summed E-state index contributed by atoms with van der Waals surface area (Å²) in [4.78, 5) is 31.2. The highest BCUT2D eigenvalue weighted by Gasteiger charge is 2.34. The van der Waals surface area contributed by atoms with Crippen LogP contribution in [0.15, 0.2) is 15.7 Å². The quantitative estimate of drug-likeness (QED) is 0.383. The molecule has 1 aromatic heterocycles. The third-order valence-corrected chi connectivity index (χ3v) is 6.35. The summed E-state index contributed by atoms with van der Waals surface area (Å²) in [6, 6.07) is 2.03. The standard InChI is InChI=1S/C20H27N7O2/c1-11-16(25-7-6-12(10-25)15(24-3)9-23-2)8-14(21)17-18(11)26(13-4-5-13)20(29)27(22)19(17)28/h8,12-13,15,24H,4-7,9-10,21-22H2,1,3H3. The molecule has 4 rings (SSSR count). The maximum absolute atomic E-state index is 12.7. The zero-order chi connectivity index (χ0) is 20.9. The van der Waals surface area contributed by atoms with E-state index in [-0.39, 0.29) is 12.1 Å². The average molecular weight is 397 g/mol. The monoisotopic (exact) mass is 397 g/mol. The predicted molar refractivity (Wildman–Crippen MR) is 115 cm³/mol. The van der Waals surface area contributed by atoms with Gasteiger partial charge in [-0.15, -0.1) is 0 Å². The summed E-state index contributed by atoms with van der Waals surface area (Å²) in [7, 11) is 1.89. The van der Waals surface area contributed by atoms with E-state index < -0.39 is 11.2 Å². The molecule has 1 aliphatic heterocycles. The number of benzene rings is 1. The van der Waals surface area contributed by atoms with Crippen LogP contribution in [0.25, 0.3) is 15.7 Å². The maximum Gasteiger partial charge on any atom is 0.350 e. The molecule has 5 N–H and O–H groups in total.